The Morgan fingerprint density at radius 2 is 0.908 bits per heavy atom. The molecule has 654 valence electrons. The zero-order valence-corrected chi connectivity index (χ0v) is 83.5. The number of aldehydes is 3. The van der Waals surface area contributed by atoms with Crippen LogP contribution in [0.2, 0.25) is 54.4 Å². The number of benzene rings is 3. The van der Waals surface area contributed by atoms with Crippen LogP contribution in [0.4, 0.5) is 0 Å². The topological polar surface area (TPSA) is 185 Å². The van der Waals surface area contributed by atoms with Gasteiger partial charge >= 0.3 is 37.7 Å². The maximum atomic E-state index is 11.0. The molecule has 6 heterocycles. The van der Waals surface area contributed by atoms with E-state index in [-0.39, 0.29) is 69.2 Å². The Labute approximate surface area is 762 Å². The Morgan fingerprint density at radius 3 is 1.18 bits per heavy atom. The smallest absolute Gasteiger partial charge is 0.504 e. The van der Waals surface area contributed by atoms with Crippen LogP contribution in [0.5, 0.6) is 0 Å². The number of aromatic nitrogens is 5. The first kappa shape index (κ1) is 124. The number of carbonyl (C=O) groups excluding carboxylic acids is 3. The first-order chi connectivity index (χ1) is 54.1. The standard InChI is InChI=1S/C20H20OP.C15H25NO2Si.C14H25NOSi.C9H11NO.C8H9NO.C7H7NO.C6H15ClSi.C4H11NO.C4H8O.2C4H9.CH4.ClH.2Li/c1-21-17-22(18-11-5-2-6-12-18,19-13-7-3-8-14-19)20-15-9-4-10-16-20;1-12-7-8-13(14(11-17)16-12)9-10-18-19(5,6)15(2,3)4;1-12-7-8-13(11-15-12)9-10-16-17(5,6)14(2,3)4;1-8-3-4-9(7-10-8)5-6-11-2;1-7-2-3-8(4-5-10)6-9-7;1-6-2-3-7(5-9)4-8-6;1-6(2,3)8(4,5)7;1-5(2)3-4-6;1-2-4-5-3-1;2*1-3-4-2;;;;/h2-16H,17H2,1H3;7-8,11H,9-10H2,1-6H3;7-8,11H,9-10H2,1-6H3;3-7H,1-2H3;2-3,5-6H,4H2,1H3;2-5H,1H3;1-5H3;6H,3-4H2,1-2H3;1-4H2;2*1,3-4H2,2H3;1H4;1H;;/q+1;;;;;;;;;2*-1;;;2*+1. The van der Waals surface area contributed by atoms with Crippen molar-refractivity contribution in [2.24, 2.45) is 0 Å². The maximum Gasteiger partial charge on any atom is 1.00 e. The van der Waals surface area contributed by atoms with Crippen molar-refractivity contribution >= 4 is 95.6 Å². The molecule has 8 aromatic rings. The zero-order chi connectivity index (χ0) is 87.6. The van der Waals surface area contributed by atoms with E-state index in [1.807, 2.05) is 115 Å². The molecular weight excluding hydrogens is 1580 g/mol. The van der Waals surface area contributed by atoms with E-state index in [9.17, 15) is 14.4 Å². The summed E-state index contributed by atoms with van der Waals surface area (Å²) in [6, 6.07) is 51.7. The summed E-state index contributed by atoms with van der Waals surface area (Å²) in [7, 11) is 0.814. The van der Waals surface area contributed by atoms with Crippen LogP contribution in [-0.2, 0) is 47.1 Å². The monoisotopic (exact) mass is 1730 g/mol. The van der Waals surface area contributed by atoms with Crippen molar-refractivity contribution in [2.45, 2.75) is 230 Å². The molecule has 0 atom stereocenters. The minimum absolute atomic E-state index is 0. The number of likely N-dealkylation sites (N-methyl/N-ethyl adjacent to an activating group) is 1. The summed E-state index contributed by atoms with van der Waals surface area (Å²) in [6.07, 6.45) is 23.0. The van der Waals surface area contributed by atoms with Crippen LogP contribution in [0.3, 0.4) is 0 Å². The molecule has 0 spiro atoms. The first-order valence-electron chi connectivity index (χ1n) is 40.2. The maximum absolute atomic E-state index is 11.0. The Kier molecular flexibility index (Phi) is 73.1. The molecule has 3 aromatic carbocycles. The molecule has 1 saturated heterocycles. The number of hydrogen-bond donors (Lipinski definition) is 1. The number of aliphatic hydroxyl groups excluding tert-OH is 1. The Hall–Kier alpha value is -5.42. The van der Waals surface area contributed by atoms with Gasteiger partial charge in [0.05, 0.1) is 20.0 Å². The molecule has 23 heteroatoms. The fourth-order valence-corrected chi connectivity index (χ4v) is 14.3. The van der Waals surface area contributed by atoms with Gasteiger partial charge in [0.2, 0.25) is 0 Å². The molecule has 5 aromatic heterocycles. The molecule has 1 fully saturated rings. The second-order valence-corrected chi connectivity index (χ2v) is 52.8. The Balaban J connectivity index is -0.000000306. The molecule has 1 N–H and O–H groups in total. The van der Waals surface area contributed by atoms with Gasteiger partial charge in [-0.25, -0.2) is 0 Å². The number of pyridine rings is 5. The average molecular weight is 1740 g/mol. The normalized spacial score (nSPS) is 11.3. The van der Waals surface area contributed by atoms with Crippen LogP contribution in [0.15, 0.2) is 183 Å². The van der Waals surface area contributed by atoms with Gasteiger partial charge in [-0.3, -0.25) is 34.5 Å². The van der Waals surface area contributed by atoms with E-state index in [0.29, 0.717) is 40.7 Å². The van der Waals surface area contributed by atoms with Crippen molar-refractivity contribution in [3.05, 3.63) is 259 Å². The number of carbonyl (C=O) groups is 3. The molecule has 0 unspecified atom stereocenters. The predicted octanol–water partition coefficient (Wildman–Crippen LogP) is 17.5. The van der Waals surface area contributed by atoms with Crippen LogP contribution in [0.1, 0.15) is 194 Å². The van der Waals surface area contributed by atoms with Gasteiger partial charge in [0.25, 0.3) is 0 Å². The largest absolute Gasteiger partial charge is 1.00 e. The second kappa shape index (κ2) is 69.9. The molecule has 9 rings (SSSR count). The number of aryl methyl sites for hydroxylation is 5. The number of halogens is 2. The molecular formula is C96H154Cl2Li2N6O9PSi3+. The van der Waals surface area contributed by atoms with Crippen LogP contribution in [-0.4, -0.2) is 152 Å². The van der Waals surface area contributed by atoms with E-state index < -0.39 is 31.3 Å². The third-order valence-electron chi connectivity index (χ3n) is 19.0. The first-order valence-corrected chi connectivity index (χ1v) is 52.0. The van der Waals surface area contributed by atoms with Gasteiger partial charge in [-0.2, -0.15) is 23.9 Å². The fraction of sp³-hybridized carbons (Fsp3) is 0.479. The molecule has 1 aliphatic rings. The number of ether oxygens (including phenoxy) is 3. The van der Waals surface area contributed by atoms with Crippen molar-refractivity contribution in [3.8, 4) is 0 Å². The second-order valence-electron chi connectivity index (χ2n) is 32.5. The zero-order valence-electron chi connectivity index (χ0n) is 78.0. The molecule has 0 aliphatic carbocycles. The van der Waals surface area contributed by atoms with Crippen LogP contribution in [0, 0.1) is 48.5 Å². The van der Waals surface area contributed by atoms with Gasteiger partial charge in [0.15, 0.2) is 42.9 Å². The van der Waals surface area contributed by atoms with Gasteiger partial charge in [0, 0.05) is 105 Å². The van der Waals surface area contributed by atoms with E-state index >= 15 is 0 Å². The van der Waals surface area contributed by atoms with Crippen LogP contribution < -0.4 is 53.6 Å². The Bertz CT molecular complexity index is 3660. The third kappa shape index (κ3) is 56.9. The number of unbranched alkanes of at least 4 members (excludes halogenated alkanes) is 2. The van der Waals surface area contributed by atoms with Gasteiger partial charge in [-0.15, -0.1) is 12.4 Å². The van der Waals surface area contributed by atoms with E-state index in [2.05, 4.69) is 257 Å². The minimum atomic E-state index is -1.78. The van der Waals surface area contributed by atoms with E-state index in [4.69, 9.17) is 39.2 Å². The summed E-state index contributed by atoms with van der Waals surface area (Å²) >= 11 is 6.15. The summed E-state index contributed by atoms with van der Waals surface area (Å²) in [6.45, 7) is 59.1. The van der Waals surface area contributed by atoms with E-state index in [1.165, 1.54) is 47.2 Å². The summed E-state index contributed by atoms with van der Waals surface area (Å²) in [4.78, 5) is 53.7. The minimum Gasteiger partial charge on any atom is -0.504 e. The van der Waals surface area contributed by atoms with Gasteiger partial charge < -0.3 is 51.7 Å². The molecule has 15 nitrogen and oxygen atoms in total. The molecule has 0 radical (unpaired) electrons. The van der Waals surface area contributed by atoms with Crippen molar-refractivity contribution in [3.63, 3.8) is 0 Å². The van der Waals surface area contributed by atoms with Crippen molar-refractivity contribution in [1.82, 2.24) is 29.8 Å². The molecule has 119 heavy (non-hydrogen) atoms. The third-order valence-corrected chi connectivity index (χ3v) is 37.5. The molecule has 0 bridgehead atoms. The molecule has 1 aliphatic heterocycles. The summed E-state index contributed by atoms with van der Waals surface area (Å²) in [5.74, 6) is 0. The predicted molar refractivity (Wildman–Crippen MR) is 515 cm³/mol. The number of hydrogen-bond acceptors (Lipinski definition) is 15. The Morgan fingerprint density at radius 1 is 0.538 bits per heavy atom. The number of rotatable bonds is 23. The average Bonchev–Trinajstić information content (AvgIpc) is 0.773. The quantitative estimate of drug-likeness (QED) is 0.0159. The van der Waals surface area contributed by atoms with E-state index in [0.717, 1.165) is 116 Å². The molecule has 0 amide bonds. The summed E-state index contributed by atoms with van der Waals surface area (Å²) in [5, 5.41) is 13.1. The SMILES string of the molecule is C.C1CCOC1.CC(C)(C)[Si](C)(C)Cl.CN(C)CCO.COC=Cc1ccc(C)nc1.COC[P+](c1ccccc1)(c1ccccc1)c1ccccc1.Cc1ccc(C=O)cn1.Cc1ccc(CC=O)cn1.Cc1ccc(CCO[Si](C)(C)C(C)(C)C)c(C=O)n1.Cc1ccc(CCO[Si](C)(C)C(C)(C)C)cn1.Cl.[CH2-]CCC.[CH2-]CCC.[Li+].[Li+]. The van der Waals surface area contributed by atoms with Crippen molar-refractivity contribution in [2.75, 3.05) is 74.2 Å². The van der Waals surface area contributed by atoms with Crippen molar-refractivity contribution in [1.29, 1.82) is 0 Å². The van der Waals surface area contributed by atoms with E-state index in [1.54, 1.807) is 38.9 Å². The van der Waals surface area contributed by atoms with Crippen LogP contribution >= 0.6 is 30.7 Å². The van der Waals surface area contributed by atoms with Crippen LogP contribution in [0.25, 0.3) is 6.08 Å². The van der Waals surface area contributed by atoms with Gasteiger partial charge in [-0.05, 0) is 217 Å². The number of methoxy groups -OCH3 is 2. The molecule has 0 saturated carbocycles. The van der Waals surface area contributed by atoms with Gasteiger partial charge in [0.1, 0.15) is 35.2 Å². The summed E-state index contributed by atoms with van der Waals surface area (Å²) in [5.41, 5.74) is 10.3. The van der Waals surface area contributed by atoms with Crippen molar-refractivity contribution < 1.29 is 80.3 Å². The number of aliphatic hydroxyl groups is 1. The fourth-order valence-electron chi connectivity index (χ4n) is 8.45. The van der Waals surface area contributed by atoms with Gasteiger partial charge in [-0.1, -0.05) is 188 Å². The summed E-state index contributed by atoms with van der Waals surface area (Å²) < 4.78 is 27.7. The number of nitrogens with zero attached hydrogens (tertiary/aromatic N) is 6.